The Hall–Kier alpha value is -3.01. The van der Waals surface area contributed by atoms with Gasteiger partial charge in [-0.3, -0.25) is 9.59 Å². The molecule has 2 rings (SSSR count). The molecule has 0 fully saturated rings. The van der Waals surface area contributed by atoms with Crippen molar-refractivity contribution < 1.29 is 32.6 Å². The number of hydrogen-bond acceptors (Lipinski definition) is 4. The highest BCUT2D eigenvalue weighted by Crippen LogP contribution is 2.33. The van der Waals surface area contributed by atoms with Crippen molar-refractivity contribution >= 4 is 17.5 Å². The zero-order valence-electron chi connectivity index (χ0n) is 16.2. The lowest BCUT2D eigenvalue weighted by atomic mass is 10.1. The molecule has 0 saturated heterocycles. The number of amides is 2. The average Bonchev–Trinajstić information content (AvgIpc) is 2.97. The summed E-state index contributed by atoms with van der Waals surface area (Å²) in [5.41, 5.74) is 1.27. The summed E-state index contributed by atoms with van der Waals surface area (Å²) >= 11 is 0. The summed E-state index contributed by atoms with van der Waals surface area (Å²) in [7, 11) is 3.07. The van der Waals surface area contributed by atoms with E-state index in [0.717, 1.165) is 0 Å². The van der Waals surface area contributed by atoms with Crippen LogP contribution < -0.4 is 15.0 Å². The third kappa shape index (κ3) is 5.50. The number of aromatic nitrogens is 1. The number of nitrogens with zero attached hydrogens (tertiary/aromatic N) is 2. The van der Waals surface area contributed by atoms with Gasteiger partial charge in [0.1, 0.15) is 11.4 Å². The van der Waals surface area contributed by atoms with Crippen molar-refractivity contribution in [2.45, 2.75) is 19.7 Å². The second-order valence-corrected chi connectivity index (χ2v) is 6.31. The SMILES string of the molecule is CC(=O)N(C)c1cc(-c2cccc(OC(F)(F)F)c2)n(C)c1C(=O)NCCCO. The lowest BCUT2D eigenvalue weighted by Gasteiger charge is -2.16. The molecule has 0 aliphatic heterocycles. The Labute approximate surface area is 165 Å². The van der Waals surface area contributed by atoms with E-state index in [1.54, 1.807) is 19.2 Å². The Morgan fingerprint density at radius 1 is 1.28 bits per heavy atom. The van der Waals surface area contributed by atoms with Gasteiger partial charge >= 0.3 is 6.36 Å². The van der Waals surface area contributed by atoms with Gasteiger partial charge in [0.05, 0.1) is 11.4 Å². The first-order valence-corrected chi connectivity index (χ1v) is 8.74. The topological polar surface area (TPSA) is 83.8 Å². The van der Waals surface area contributed by atoms with E-state index < -0.39 is 18.0 Å². The van der Waals surface area contributed by atoms with E-state index in [0.29, 0.717) is 23.4 Å². The number of aliphatic hydroxyl groups excluding tert-OH is 1. The lowest BCUT2D eigenvalue weighted by molar-refractivity contribution is -0.274. The number of hydrogen-bond donors (Lipinski definition) is 2. The largest absolute Gasteiger partial charge is 0.573 e. The maximum atomic E-state index is 12.7. The summed E-state index contributed by atoms with van der Waals surface area (Å²) < 4.78 is 43.0. The van der Waals surface area contributed by atoms with Crippen LogP contribution in [0.2, 0.25) is 0 Å². The van der Waals surface area contributed by atoms with E-state index in [-0.39, 0.29) is 24.8 Å². The number of halogens is 3. The van der Waals surface area contributed by atoms with E-state index in [1.807, 2.05) is 0 Å². The molecule has 2 N–H and O–H groups in total. The first-order valence-electron chi connectivity index (χ1n) is 8.74. The Kier molecular flexibility index (Phi) is 6.91. The van der Waals surface area contributed by atoms with Crippen LogP contribution in [0, 0.1) is 0 Å². The molecule has 0 aliphatic carbocycles. The molecule has 0 aliphatic rings. The van der Waals surface area contributed by atoms with Crippen LogP contribution in [0.1, 0.15) is 23.8 Å². The second-order valence-electron chi connectivity index (χ2n) is 6.31. The molecule has 2 aromatic rings. The van der Waals surface area contributed by atoms with E-state index in [2.05, 4.69) is 10.1 Å². The van der Waals surface area contributed by atoms with Gasteiger partial charge in [0.25, 0.3) is 5.91 Å². The number of aliphatic hydroxyl groups is 1. The number of alkyl halides is 3. The number of nitrogens with one attached hydrogen (secondary N) is 1. The van der Waals surface area contributed by atoms with Crippen LogP contribution in [0.5, 0.6) is 5.75 Å². The van der Waals surface area contributed by atoms with Crippen LogP contribution >= 0.6 is 0 Å². The van der Waals surface area contributed by atoms with Gasteiger partial charge in [0.15, 0.2) is 0 Å². The van der Waals surface area contributed by atoms with Crippen molar-refractivity contribution in [1.82, 2.24) is 9.88 Å². The van der Waals surface area contributed by atoms with Crippen molar-refractivity contribution in [3.63, 3.8) is 0 Å². The van der Waals surface area contributed by atoms with Crippen LogP contribution in [0.25, 0.3) is 11.3 Å². The van der Waals surface area contributed by atoms with Gasteiger partial charge in [-0.15, -0.1) is 13.2 Å². The van der Waals surface area contributed by atoms with Crippen molar-refractivity contribution in [2.24, 2.45) is 7.05 Å². The first kappa shape index (κ1) is 22.3. The van der Waals surface area contributed by atoms with Crippen molar-refractivity contribution in [3.8, 4) is 17.0 Å². The van der Waals surface area contributed by atoms with Gasteiger partial charge in [0.2, 0.25) is 5.91 Å². The Bertz CT molecular complexity index is 893. The molecular formula is C19H22F3N3O4. The minimum Gasteiger partial charge on any atom is -0.406 e. The molecule has 0 bridgehead atoms. The van der Waals surface area contributed by atoms with Crippen LogP contribution in [0.15, 0.2) is 30.3 Å². The zero-order valence-corrected chi connectivity index (χ0v) is 16.2. The van der Waals surface area contributed by atoms with Gasteiger partial charge in [-0.2, -0.15) is 0 Å². The molecular weight excluding hydrogens is 391 g/mol. The highest BCUT2D eigenvalue weighted by Gasteiger charge is 2.31. The van der Waals surface area contributed by atoms with E-state index in [9.17, 15) is 22.8 Å². The fourth-order valence-corrected chi connectivity index (χ4v) is 2.78. The maximum absolute atomic E-state index is 12.7. The molecule has 0 radical (unpaired) electrons. The minimum absolute atomic E-state index is 0.0924. The molecule has 0 atom stereocenters. The molecule has 158 valence electrons. The highest BCUT2D eigenvalue weighted by atomic mass is 19.4. The van der Waals surface area contributed by atoms with Crippen LogP contribution in [-0.2, 0) is 11.8 Å². The zero-order chi connectivity index (χ0) is 21.8. The first-order chi connectivity index (χ1) is 13.5. The second kappa shape index (κ2) is 8.99. The number of ether oxygens (including phenoxy) is 1. The quantitative estimate of drug-likeness (QED) is 0.684. The number of rotatable bonds is 7. The van der Waals surface area contributed by atoms with E-state index in [1.165, 1.54) is 41.6 Å². The predicted octanol–water partition coefficient (Wildman–Crippen LogP) is 2.69. The molecule has 1 heterocycles. The Morgan fingerprint density at radius 3 is 2.55 bits per heavy atom. The molecule has 0 spiro atoms. The maximum Gasteiger partial charge on any atom is 0.573 e. The molecule has 0 saturated carbocycles. The molecule has 7 nitrogen and oxygen atoms in total. The summed E-state index contributed by atoms with van der Waals surface area (Å²) in [6, 6.07) is 6.90. The Morgan fingerprint density at radius 2 is 1.97 bits per heavy atom. The molecule has 1 aromatic heterocycles. The number of carbonyl (C=O) groups excluding carboxylic acids is 2. The summed E-state index contributed by atoms with van der Waals surface area (Å²) in [5.74, 6) is -1.19. The van der Waals surface area contributed by atoms with Gasteiger partial charge in [-0.25, -0.2) is 0 Å². The van der Waals surface area contributed by atoms with Crippen molar-refractivity contribution in [3.05, 3.63) is 36.0 Å². The third-order valence-corrected chi connectivity index (χ3v) is 4.25. The van der Waals surface area contributed by atoms with Crippen LogP contribution in [-0.4, -0.2) is 48.0 Å². The number of anilines is 1. The fraction of sp³-hybridized carbons (Fsp3) is 0.368. The number of benzene rings is 1. The van der Waals surface area contributed by atoms with Crippen LogP contribution in [0.3, 0.4) is 0 Å². The van der Waals surface area contributed by atoms with Gasteiger partial charge in [0, 0.05) is 39.7 Å². The Balaban J connectivity index is 2.51. The predicted molar refractivity (Wildman–Crippen MR) is 101 cm³/mol. The van der Waals surface area contributed by atoms with Crippen molar-refractivity contribution in [2.75, 3.05) is 25.1 Å². The van der Waals surface area contributed by atoms with Gasteiger partial charge in [-0.1, -0.05) is 12.1 Å². The third-order valence-electron chi connectivity index (χ3n) is 4.25. The fourth-order valence-electron chi connectivity index (χ4n) is 2.78. The smallest absolute Gasteiger partial charge is 0.406 e. The summed E-state index contributed by atoms with van der Waals surface area (Å²) in [6.07, 6.45) is -4.47. The van der Waals surface area contributed by atoms with E-state index >= 15 is 0 Å². The minimum atomic E-state index is -4.83. The average molecular weight is 413 g/mol. The molecule has 10 heteroatoms. The summed E-state index contributed by atoms with van der Waals surface area (Å²) in [5, 5.41) is 11.5. The summed E-state index contributed by atoms with van der Waals surface area (Å²) in [6.45, 7) is 1.47. The monoisotopic (exact) mass is 413 g/mol. The standard InChI is InChI=1S/C19H22F3N3O4/c1-12(27)24(2)16-11-15(25(3)17(16)18(28)23-8-5-9-26)13-6-4-7-14(10-13)29-19(20,21)22/h4,6-7,10-11,26H,5,8-9H2,1-3H3,(H,23,28). The molecule has 0 unspecified atom stereocenters. The molecule has 29 heavy (non-hydrogen) atoms. The lowest BCUT2D eigenvalue weighted by Crippen LogP contribution is -2.30. The molecule has 1 aromatic carbocycles. The number of carbonyl (C=O) groups is 2. The highest BCUT2D eigenvalue weighted by molar-refractivity contribution is 6.04. The van der Waals surface area contributed by atoms with E-state index in [4.69, 9.17) is 5.11 Å². The van der Waals surface area contributed by atoms with Gasteiger partial charge in [-0.05, 0) is 24.6 Å². The molecule has 2 amide bonds. The van der Waals surface area contributed by atoms with Crippen molar-refractivity contribution in [1.29, 1.82) is 0 Å². The summed E-state index contributed by atoms with van der Waals surface area (Å²) in [4.78, 5) is 25.8. The normalized spacial score (nSPS) is 11.3. The van der Waals surface area contributed by atoms with Crippen LogP contribution in [0.4, 0.5) is 18.9 Å². The van der Waals surface area contributed by atoms with Gasteiger partial charge < -0.3 is 24.6 Å².